The molecule has 2 nitrogen and oxygen atoms in total. The monoisotopic (exact) mass is 216 g/mol. The molecule has 0 spiro atoms. The largest absolute Gasteiger partial charge is 0.287 e. The second-order valence-electron chi connectivity index (χ2n) is 3.45. The van der Waals surface area contributed by atoms with Crippen molar-refractivity contribution < 1.29 is 13.8 Å². The molecule has 0 unspecified atom stereocenters. The summed E-state index contributed by atoms with van der Waals surface area (Å²) in [6, 6.07) is 11.5. The van der Waals surface area contributed by atoms with Gasteiger partial charge in [-0.15, -0.1) is 0 Å². The van der Waals surface area contributed by atoms with Crippen LogP contribution in [0.4, 0.5) is 4.39 Å². The summed E-state index contributed by atoms with van der Waals surface area (Å²) >= 11 is 0. The smallest absolute Gasteiger partial charge is 0.230 e. The van der Waals surface area contributed by atoms with Crippen molar-refractivity contribution in [2.45, 2.75) is 6.54 Å². The van der Waals surface area contributed by atoms with E-state index in [0.717, 1.165) is 0 Å². The number of ketones is 1. The number of nitrogens with zero attached hydrogens (tertiary/aromatic N) is 1. The molecular weight excluding hydrogens is 205 g/mol. The highest BCUT2D eigenvalue weighted by Crippen LogP contribution is 2.06. The quantitative estimate of drug-likeness (QED) is 0.568. The predicted molar refractivity (Wildman–Crippen MR) is 57.4 cm³/mol. The van der Waals surface area contributed by atoms with Gasteiger partial charge in [0, 0.05) is 12.1 Å². The normalized spacial score (nSPS) is 10.1. The van der Waals surface area contributed by atoms with Gasteiger partial charge in [-0.2, -0.15) is 4.57 Å². The summed E-state index contributed by atoms with van der Waals surface area (Å²) in [6.07, 6.45) is 3.55. The number of hydrogen-bond donors (Lipinski definition) is 0. The van der Waals surface area contributed by atoms with Crippen LogP contribution >= 0.6 is 0 Å². The van der Waals surface area contributed by atoms with Gasteiger partial charge >= 0.3 is 0 Å². The number of hydrogen-bond acceptors (Lipinski definition) is 1. The van der Waals surface area contributed by atoms with Crippen molar-refractivity contribution in [1.82, 2.24) is 0 Å². The van der Waals surface area contributed by atoms with E-state index in [-0.39, 0.29) is 17.9 Å². The van der Waals surface area contributed by atoms with E-state index in [4.69, 9.17) is 0 Å². The average molecular weight is 216 g/mol. The molecule has 0 fully saturated rings. The minimum Gasteiger partial charge on any atom is -0.287 e. The third-order valence-corrected chi connectivity index (χ3v) is 2.28. The van der Waals surface area contributed by atoms with E-state index >= 15 is 0 Å². The maximum absolute atomic E-state index is 13.3. The Morgan fingerprint density at radius 3 is 2.44 bits per heavy atom. The Balaban J connectivity index is 2.19. The maximum Gasteiger partial charge on any atom is 0.230 e. The Morgan fingerprint density at radius 2 is 1.75 bits per heavy atom. The van der Waals surface area contributed by atoms with Gasteiger partial charge in [-0.3, -0.25) is 4.79 Å². The van der Waals surface area contributed by atoms with E-state index in [9.17, 15) is 9.18 Å². The van der Waals surface area contributed by atoms with Gasteiger partial charge in [-0.05, 0) is 12.1 Å². The lowest BCUT2D eigenvalue weighted by Gasteiger charge is -1.99. The molecule has 0 N–H and O–H groups in total. The van der Waals surface area contributed by atoms with Gasteiger partial charge in [0.25, 0.3) is 0 Å². The third kappa shape index (κ3) is 2.31. The maximum atomic E-state index is 13.3. The van der Waals surface area contributed by atoms with E-state index < -0.39 is 5.82 Å². The summed E-state index contributed by atoms with van der Waals surface area (Å²) in [5.74, 6) is -0.696. The highest BCUT2D eigenvalue weighted by Gasteiger charge is 2.14. The summed E-state index contributed by atoms with van der Waals surface area (Å²) in [4.78, 5) is 11.8. The number of carbonyl (C=O) groups excluding carboxylic acids is 1. The van der Waals surface area contributed by atoms with Crippen molar-refractivity contribution in [2.75, 3.05) is 0 Å². The van der Waals surface area contributed by atoms with E-state index in [1.165, 1.54) is 12.1 Å². The van der Waals surface area contributed by atoms with Crippen LogP contribution in [0.2, 0.25) is 0 Å². The van der Waals surface area contributed by atoms with Gasteiger partial charge in [0.2, 0.25) is 12.3 Å². The average Bonchev–Trinajstić information content (AvgIpc) is 2.31. The minimum absolute atomic E-state index is 0.138. The van der Waals surface area contributed by atoms with Gasteiger partial charge in [-0.25, -0.2) is 4.39 Å². The van der Waals surface area contributed by atoms with Crippen molar-refractivity contribution in [2.24, 2.45) is 0 Å². The van der Waals surface area contributed by atoms with Crippen molar-refractivity contribution in [3.05, 3.63) is 66.2 Å². The first-order valence-electron chi connectivity index (χ1n) is 4.99. The van der Waals surface area contributed by atoms with Crippen LogP contribution in [0.1, 0.15) is 10.4 Å². The molecule has 0 bridgehead atoms. The third-order valence-electron chi connectivity index (χ3n) is 2.28. The van der Waals surface area contributed by atoms with E-state index in [0.29, 0.717) is 0 Å². The van der Waals surface area contributed by atoms with Gasteiger partial charge in [0.15, 0.2) is 12.4 Å². The molecule has 1 aromatic heterocycles. The van der Waals surface area contributed by atoms with Crippen LogP contribution in [0.5, 0.6) is 0 Å². The fourth-order valence-corrected chi connectivity index (χ4v) is 1.48. The lowest BCUT2D eigenvalue weighted by Crippen LogP contribution is -2.37. The molecule has 2 aromatic rings. The summed E-state index contributed by atoms with van der Waals surface area (Å²) in [7, 11) is 0. The summed E-state index contributed by atoms with van der Waals surface area (Å²) in [5, 5.41) is 0. The summed E-state index contributed by atoms with van der Waals surface area (Å²) < 4.78 is 15.0. The Kier molecular flexibility index (Phi) is 3.05. The zero-order valence-electron chi connectivity index (χ0n) is 8.64. The van der Waals surface area contributed by atoms with E-state index in [1.54, 1.807) is 29.1 Å². The molecule has 0 aliphatic heterocycles. The fraction of sp³-hybridized carbons (Fsp3) is 0.0769. The van der Waals surface area contributed by atoms with Crippen LogP contribution in [0, 0.1) is 5.82 Å². The van der Waals surface area contributed by atoms with Gasteiger partial charge < -0.3 is 0 Å². The minimum atomic E-state index is -0.468. The molecule has 1 aromatic carbocycles. The van der Waals surface area contributed by atoms with Crippen molar-refractivity contribution in [1.29, 1.82) is 0 Å². The van der Waals surface area contributed by atoms with Crippen molar-refractivity contribution in [3.63, 3.8) is 0 Å². The van der Waals surface area contributed by atoms with Crippen LogP contribution < -0.4 is 4.57 Å². The standard InChI is InChI=1S/C13H11FNO/c14-12-7-3-2-6-11(12)13(16)10-15-8-4-1-5-9-15/h1-9H,10H2/q+1. The lowest BCUT2D eigenvalue weighted by molar-refractivity contribution is -0.683. The van der Waals surface area contributed by atoms with Gasteiger partial charge in [-0.1, -0.05) is 18.2 Å². The SMILES string of the molecule is O=C(C[n+]1ccccc1)c1ccccc1F. The Hall–Kier alpha value is -2.03. The van der Waals surface area contributed by atoms with E-state index in [2.05, 4.69) is 0 Å². The van der Waals surface area contributed by atoms with Crippen molar-refractivity contribution in [3.8, 4) is 0 Å². The summed E-state index contributed by atoms with van der Waals surface area (Å²) in [5.41, 5.74) is 0.138. The number of Topliss-reactive ketones (excluding diaryl/α,β-unsaturated/α-hetero) is 1. The molecule has 0 amide bonds. The highest BCUT2D eigenvalue weighted by atomic mass is 19.1. The predicted octanol–water partition coefficient (Wildman–Crippen LogP) is 2.00. The molecule has 0 aliphatic rings. The number of halogens is 1. The molecule has 0 saturated carbocycles. The Morgan fingerprint density at radius 1 is 1.06 bits per heavy atom. The molecule has 80 valence electrons. The molecule has 0 saturated heterocycles. The second kappa shape index (κ2) is 4.66. The first-order chi connectivity index (χ1) is 7.77. The zero-order valence-corrected chi connectivity index (χ0v) is 8.64. The molecule has 2 rings (SSSR count). The van der Waals surface area contributed by atoms with Crippen LogP contribution in [-0.4, -0.2) is 5.78 Å². The highest BCUT2D eigenvalue weighted by molar-refractivity contribution is 5.95. The number of aromatic nitrogens is 1. The van der Waals surface area contributed by atoms with Crippen LogP contribution in [0.25, 0.3) is 0 Å². The van der Waals surface area contributed by atoms with Crippen LogP contribution in [0.3, 0.4) is 0 Å². The Labute approximate surface area is 93.0 Å². The summed E-state index contributed by atoms with van der Waals surface area (Å²) in [6.45, 7) is 0.155. The molecule has 1 heterocycles. The van der Waals surface area contributed by atoms with Crippen molar-refractivity contribution >= 4 is 5.78 Å². The second-order valence-corrected chi connectivity index (χ2v) is 3.45. The molecule has 0 aliphatic carbocycles. The van der Waals surface area contributed by atoms with Crippen LogP contribution in [-0.2, 0) is 6.54 Å². The topological polar surface area (TPSA) is 20.9 Å². The number of rotatable bonds is 3. The number of pyridine rings is 1. The molecule has 0 radical (unpaired) electrons. The fourth-order valence-electron chi connectivity index (χ4n) is 1.48. The van der Waals surface area contributed by atoms with Crippen LogP contribution in [0.15, 0.2) is 54.9 Å². The first kappa shape index (κ1) is 10.5. The van der Waals surface area contributed by atoms with Gasteiger partial charge in [0.1, 0.15) is 5.82 Å². The lowest BCUT2D eigenvalue weighted by atomic mass is 10.1. The molecule has 16 heavy (non-hydrogen) atoms. The number of benzene rings is 1. The number of carbonyl (C=O) groups is 1. The van der Waals surface area contributed by atoms with Gasteiger partial charge in [0.05, 0.1) is 5.56 Å². The molecular formula is C13H11FNO+. The first-order valence-corrected chi connectivity index (χ1v) is 4.99. The zero-order chi connectivity index (χ0) is 11.4. The van der Waals surface area contributed by atoms with E-state index in [1.807, 2.05) is 18.2 Å². The molecule has 3 heteroatoms. The Bertz CT molecular complexity index is 496. The molecule has 0 atom stereocenters.